The summed E-state index contributed by atoms with van der Waals surface area (Å²) in [5.74, 6) is 0.122. The van der Waals surface area contributed by atoms with Gasteiger partial charge in [-0.3, -0.25) is 4.72 Å². The summed E-state index contributed by atoms with van der Waals surface area (Å²) >= 11 is 9.22. The SMILES string of the molecule is Cc1cc(NS(=O)(=O)c2ccc(Br)cc2Cl)c(C)cc1O. The Morgan fingerprint density at radius 3 is 2.43 bits per heavy atom. The Bertz CT molecular complexity index is 806. The summed E-state index contributed by atoms with van der Waals surface area (Å²) in [5.41, 5.74) is 1.61. The van der Waals surface area contributed by atoms with Crippen molar-refractivity contribution in [2.45, 2.75) is 18.7 Å². The predicted octanol–water partition coefficient (Wildman–Crippen LogP) is 4.23. The van der Waals surface area contributed by atoms with Crippen LogP contribution in [-0.2, 0) is 10.0 Å². The van der Waals surface area contributed by atoms with Crippen LogP contribution in [0.3, 0.4) is 0 Å². The third kappa shape index (κ3) is 3.51. The van der Waals surface area contributed by atoms with E-state index in [1.807, 2.05) is 0 Å². The molecule has 0 aliphatic rings. The molecule has 0 atom stereocenters. The fourth-order valence-electron chi connectivity index (χ4n) is 1.80. The molecule has 0 fully saturated rings. The summed E-state index contributed by atoms with van der Waals surface area (Å²) in [5, 5.41) is 9.74. The number of sulfonamides is 1. The molecule has 0 saturated carbocycles. The van der Waals surface area contributed by atoms with Crippen molar-refractivity contribution in [3.63, 3.8) is 0 Å². The number of rotatable bonds is 3. The minimum atomic E-state index is -3.80. The van der Waals surface area contributed by atoms with Crippen molar-refractivity contribution in [3.05, 3.63) is 51.0 Å². The van der Waals surface area contributed by atoms with Gasteiger partial charge in [0.2, 0.25) is 0 Å². The minimum Gasteiger partial charge on any atom is -0.508 e. The van der Waals surface area contributed by atoms with Crippen molar-refractivity contribution in [1.29, 1.82) is 0 Å². The van der Waals surface area contributed by atoms with Crippen LogP contribution in [0.25, 0.3) is 0 Å². The summed E-state index contributed by atoms with van der Waals surface area (Å²) < 4.78 is 28.0. The number of aryl methyl sites for hydroxylation is 2. The van der Waals surface area contributed by atoms with Crippen LogP contribution < -0.4 is 4.72 Å². The van der Waals surface area contributed by atoms with E-state index >= 15 is 0 Å². The lowest BCUT2D eigenvalue weighted by Crippen LogP contribution is -2.14. The van der Waals surface area contributed by atoms with Gasteiger partial charge >= 0.3 is 0 Å². The van der Waals surface area contributed by atoms with Gasteiger partial charge in [0.05, 0.1) is 10.7 Å². The Kier molecular flexibility index (Phi) is 4.51. The zero-order valence-electron chi connectivity index (χ0n) is 11.3. The number of anilines is 1. The van der Waals surface area contributed by atoms with Gasteiger partial charge in [-0.15, -0.1) is 0 Å². The lowest BCUT2D eigenvalue weighted by atomic mass is 10.1. The number of hydrogen-bond donors (Lipinski definition) is 2. The molecule has 0 unspecified atom stereocenters. The minimum absolute atomic E-state index is 0.00232. The lowest BCUT2D eigenvalue weighted by molar-refractivity contribution is 0.471. The maximum atomic E-state index is 12.4. The van der Waals surface area contributed by atoms with Crippen molar-refractivity contribution in [3.8, 4) is 5.75 Å². The number of halogens is 2. The maximum Gasteiger partial charge on any atom is 0.263 e. The first-order valence-electron chi connectivity index (χ1n) is 5.99. The van der Waals surface area contributed by atoms with Gasteiger partial charge in [-0.05, 0) is 55.3 Å². The molecule has 112 valence electrons. The van der Waals surface area contributed by atoms with E-state index in [-0.39, 0.29) is 15.7 Å². The number of phenols is 1. The average molecular weight is 391 g/mol. The molecule has 0 spiro atoms. The van der Waals surface area contributed by atoms with Gasteiger partial charge in [0.1, 0.15) is 10.6 Å². The summed E-state index contributed by atoms with van der Waals surface area (Å²) in [6.07, 6.45) is 0. The highest BCUT2D eigenvalue weighted by atomic mass is 79.9. The van der Waals surface area contributed by atoms with Gasteiger partial charge < -0.3 is 5.11 Å². The van der Waals surface area contributed by atoms with Crippen LogP contribution in [0, 0.1) is 13.8 Å². The molecule has 0 amide bonds. The second-order valence-electron chi connectivity index (χ2n) is 4.63. The fraction of sp³-hybridized carbons (Fsp3) is 0.143. The first kappa shape index (κ1) is 16.1. The average Bonchev–Trinajstić information content (AvgIpc) is 2.35. The van der Waals surface area contributed by atoms with Crippen molar-refractivity contribution in [2.24, 2.45) is 0 Å². The fourth-order valence-corrected chi connectivity index (χ4v) is 3.96. The van der Waals surface area contributed by atoms with Crippen LogP contribution in [-0.4, -0.2) is 13.5 Å². The molecule has 2 aromatic rings. The number of phenolic OH excluding ortho intramolecular Hbond substituents is 1. The Balaban J connectivity index is 2.45. The Labute approximate surface area is 136 Å². The molecule has 0 bridgehead atoms. The molecule has 21 heavy (non-hydrogen) atoms. The summed E-state index contributed by atoms with van der Waals surface area (Å²) in [6.45, 7) is 3.40. The highest BCUT2D eigenvalue weighted by Gasteiger charge is 2.19. The lowest BCUT2D eigenvalue weighted by Gasteiger charge is -2.13. The first-order chi connectivity index (χ1) is 9.70. The standard InChI is InChI=1S/C14H13BrClNO3S/c1-8-6-13(18)9(2)5-12(8)17-21(19,20)14-4-3-10(15)7-11(14)16/h3-7,17-18H,1-2H3. The second-order valence-corrected chi connectivity index (χ2v) is 7.61. The van der Waals surface area contributed by atoms with E-state index in [4.69, 9.17) is 11.6 Å². The number of aromatic hydroxyl groups is 1. The number of nitrogens with one attached hydrogen (secondary N) is 1. The molecule has 2 N–H and O–H groups in total. The third-order valence-corrected chi connectivity index (χ3v) is 5.31. The van der Waals surface area contributed by atoms with E-state index in [0.29, 0.717) is 21.3 Å². The molecular formula is C14H13BrClNO3S. The van der Waals surface area contributed by atoms with Crippen LogP contribution in [0.15, 0.2) is 39.7 Å². The van der Waals surface area contributed by atoms with Crippen molar-refractivity contribution >= 4 is 43.2 Å². The molecule has 0 heterocycles. The van der Waals surface area contributed by atoms with E-state index in [9.17, 15) is 13.5 Å². The largest absolute Gasteiger partial charge is 0.508 e. The smallest absolute Gasteiger partial charge is 0.263 e. The molecule has 7 heteroatoms. The first-order valence-corrected chi connectivity index (χ1v) is 8.64. The van der Waals surface area contributed by atoms with E-state index in [2.05, 4.69) is 20.7 Å². The van der Waals surface area contributed by atoms with Gasteiger partial charge in [-0.2, -0.15) is 0 Å². The molecule has 0 radical (unpaired) electrons. The van der Waals surface area contributed by atoms with E-state index in [1.165, 1.54) is 18.2 Å². The number of hydrogen-bond acceptors (Lipinski definition) is 3. The molecule has 0 aliphatic heterocycles. The molecule has 0 aliphatic carbocycles. The second kappa shape index (κ2) is 5.87. The van der Waals surface area contributed by atoms with Crippen molar-refractivity contribution in [2.75, 3.05) is 4.72 Å². The normalized spacial score (nSPS) is 11.4. The van der Waals surface area contributed by atoms with Crippen LogP contribution in [0.5, 0.6) is 5.75 Å². The van der Waals surface area contributed by atoms with Crippen LogP contribution >= 0.6 is 27.5 Å². The Morgan fingerprint density at radius 1 is 1.14 bits per heavy atom. The summed E-state index contributed by atoms with van der Waals surface area (Å²) in [7, 11) is -3.80. The van der Waals surface area contributed by atoms with Gasteiger partial charge in [-0.1, -0.05) is 27.5 Å². The Morgan fingerprint density at radius 2 is 1.81 bits per heavy atom. The van der Waals surface area contributed by atoms with Crippen LogP contribution in [0.2, 0.25) is 5.02 Å². The maximum absolute atomic E-state index is 12.4. The van der Waals surface area contributed by atoms with E-state index < -0.39 is 10.0 Å². The molecule has 2 rings (SSSR count). The monoisotopic (exact) mass is 389 g/mol. The van der Waals surface area contributed by atoms with Crippen molar-refractivity contribution in [1.82, 2.24) is 0 Å². The molecular weight excluding hydrogens is 378 g/mol. The quantitative estimate of drug-likeness (QED) is 0.771. The predicted molar refractivity (Wildman–Crippen MR) is 87.5 cm³/mol. The molecule has 0 aromatic heterocycles. The van der Waals surface area contributed by atoms with Crippen LogP contribution in [0.1, 0.15) is 11.1 Å². The van der Waals surface area contributed by atoms with Gasteiger partial charge in [0.25, 0.3) is 10.0 Å². The topological polar surface area (TPSA) is 66.4 Å². The zero-order chi connectivity index (χ0) is 15.8. The zero-order valence-corrected chi connectivity index (χ0v) is 14.5. The molecule has 0 saturated heterocycles. The Hall–Kier alpha value is -1.24. The third-order valence-electron chi connectivity index (χ3n) is 2.97. The van der Waals surface area contributed by atoms with Crippen LogP contribution in [0.4, 0.5) is 5.69 Å². The van der Waals surface area contributed by atoms with Gasteiger partial charge in [0.15, 0.2) is 0 Å². The van der Waals surface area contributed by atoms with Gasteiger partial charge in [0, 0.05) is 4.47 Å². The summed E-state index contributed by atoms with van der Waals surface area (Å²) in [6, 6.07) is 7.64. The van der Waals surface area contributed by atoms with E-state index in [1.54, 1.807) is 26.0 Å². The molecule has 4 nitrogen and oxygen atoms in total. The highest BCUT2D eigenvalue weighted by Crippen LogP contribution is 2.30. The van der Waals surface area contributed by atoms with Gasteiger partial charge in [-0.25, -0.2) is 8.42 Å². The van der Waals surface area contributed by atoms with Crippen molar-refractivity contribution < 1.29 is 13.5 Å². The summed E-state index contributed by atoms with van der Waals surface area (Å²) in [4.78, 5) is -0.00232. The highest BCUT2D eigenvalue weighted by molar-refractivity contribution is 9.10. The number of benzene rings is 2. The molecule has 2 aromatic carbocycles. The van der Waals surface area contributed by atoms with E-state index in [0.717, 1.165) is 0 Å².